The number of rotatable bonds is 8. The molecular weight excluding hydrogens is 400 g/mol. The van der Waals surface area contributed by atoms with Crippen LogP contribution in [0.15, 0.2) is 40.9 Å². The highest BCUT2D eigenvalue weighted by Gasteiger charge is 2.18. The predicted molar refractivity (Wildman–Crippen MR) is 105 cm³/mol. The minimum absolute atomic E-state index is 0.145. The Bertz CT molecular complexity index is 1000. The van der Waals surface area contributed by atoms with Crippen LogP contribution in [-0.4, -0.2) is 36.9 Å². The van der Waals surface area contributed by atoms with Crippen LogP contribution in [0.5, 0.6) is 17.2 Å². The van der Waals surface area contributed by atoms with E-state index in [0.29, 0.717) is 35.2 Å². The van der Waals surface area contributed by atoms with Gasteiger partial charge in [-0.2, -0.15) is 4.98 Å². The third-order valence-corrected chi connectivity index (χ3v) is 4.17. The van der Waals surface area contributed by atoms with E-state index in [2.05, 4.69) is 10.1 Å². The van der Waals surface area contributed by atoms with Crippen LogP contribution in [-0.2, 0) is 11.3 Å². The number of para-hydroxylation sites is 1. The van der Waals surface area contributed by atoms with Gasteiger partial charge in [-0.3, -0.25) is 0 Å². The van der Waals surface area contributed by atoms with E-state index in [0.717, 1.165) is 0 Å². The van der Waals surface area contributed by atoms with Crippen LogP contribution in [0.2, 0.25) is 5.02 Å². The maximum absolute atomic E-state index is 12.4. The molecule has 0 unspecified atom stereocenters. The highest BCUT2D eigenvalue weighted by atomic mass is 35.5. The van der Waals surface area contributed by atoms with Gasteiger partial charge in [0.05, 0.1) is 37.0 Å². The molecule has 0 bridgehead atoms. The summed E-state index contributed by atoms with van der Waals surface area (Å²) in [6, 6.07) is 10.2. The van der Waals surface area contributed by atoms with Crippen molar-refractivity contribution in [1.82, 2.24) is 10.1 Å². The molecule has 9 heteroatoms. The Hall–Kier alpha value is -3.26. The number of carbonyl (C=O) groups excluding carboxylic acids is 1. The summed E-state index contributed by atoms with van der Waals surface area (Å²) in [6.07, 6.45) is 0. The topological polar surface area (TPSA) is 92.9 Å². The molecule has 0 aliphatic rings. The lowest BCUT2D eigenvalue weighted by Crippen LogP contribution is -2.06. The smallest absolute Gasteiger partial charge is 0.338 e. The van der Waals surface area contributed by atoms with Crippen LogP contribution in [0.1, 0.15) is 23.2 Å². The summed E-state index contributed by atoms with van der Waals surface area (Å²) in [5.74, 6) is 1.15. The molecule has 0 amide bonds. The molecule has 8 nitrogen and oxygen atoms in total. The van der Waals surface area contributed by atoms with Gasteiger partial charge in [-0.1, -0.05) is 28.9 Å². The van der Waals surface area contributed by atoms with Crippen molar-refractivity contribution in [2.75, 3.05) is 20.8 Å². The van der Waals surface area contributed by atoms with Crippen molar-refractivity contribution < 1.29 is 28.3 Å². The fourth-order valence-electron chi connectivity index (χ4n) is 2.60. The van der Waals surface area contributed by atoms with Crippen molar-refractivity contribution in [2.45, 2.75) is 13.5 Å². The van der Waals surface area contributed by atoms with Gasteiger partial charge in [0.2, 0.25) is 5.82 Å². The Morgan fingerprint density at radius 3 is 2.66 bits per heavy atom. The molecule has 2 aromatic carbocycles. The number of aromatic nitrogens is 2. The molecule has 152 valence electrons. The zero-order chi connectivity index (χ0) is 20.8. The van der Waals surface area contributed by atoms with Crippen molar-refractivity contribution in [3.05, 3.63) is 52.9 Å². The molecule has 0 saturated carbocycles. The van der Waals surface area contributed by atoms with Crippen LogP contribution in [0.4, 0.5) is 0 Å². The van der Waals surface area contributed by atoms with Crippen molar-refractivity contribution in [2.24, 2.45) is 0 Å². The minimum atomic E-state index is -0.623. The zero-order valence-corrected chi connectivity index (χ0v) is 16.9. The van der Waals surface area contributed by atoms with E-state index < -0.39 is 5.97 Å². The maximum atomic E-state index is 12.4. The molecule has 1 aromatic heterocycles. The number of halogens is 1. The molecule has 0 aliphatic carbocycles. The van der Waals surface area contributed by atoms with Gasteiger partial charge in [0.15, 0.2) is 18.1 Å². The molecule has 0 aliphatic heterocycles. The average Bonchev–Trinajstić information content (AvgIpc) is 3.20. The third kappa shape index (κ3) is 4.60. The molecule has 0 atom stereocenters. The first kappa shape index (κ1) is 20.5. The van der Waals surface area contributed by atoms with Gasteiger partial charge >= 0.3 is 5.97 Å². The second kappa shape index (κ2) is 9.29. The molecule has 0 radical (unpaired) electrons. The number of nitrogens with zero attached hydrogens (tertiary/aromatic N) is 2. The van der Waals surface area contributed by atoms with Crippen molar-refractivity contribution in [3.8, 4) is 28.6 Å². The van der Waals surface area contributed by atoms with Crippen LogP contribution in [0, 0.1) is 0 Å². The monoisotopic (exact) mass is 418 g/mol. The van der Waals surface area contributed by atoms with Crippen LogP contribution < -0.4 is 14.2 Å². The number of esters is 1. The summed E-state index contributed by atoms with van der Waals surface area (Å²) in [5, 5.41) is 4.16. The Kier molecular flexibility index (Phi) is 6.56. The van der Waals surface area contributed by atoms with Crippen LogP contribution in [0.3, 0.4) is 0 Å². The summed E-state index contributed by atoms with van der Waals surface area (Å²) in [5.41, 5.74) is 0.886. The highest BCUT2D eigenvalue weighted by Crippen LogP contribution is 2.36. The lowest BCUT2D eigenvalue weighted by Gasteiger charge is -2.11. The summed E-state index contributed by atoms with van der Waals surface area (Å²) >= 11 is 6.12. The van der Waals surface area contributed by atoms with Crippen molar-refractivity contribution in [3.63, 3.8) is 0 Å². The van der Waals surface area contributed by atoms with E-state index in [9.17, 15) is 4.79 Å². The second-order valence-electron chi connectivity index (χ2n) is 5.71. The SMILES string of the molecule is CCOc1ccccc1-c1noc(COC(=O)c2cc(Cl)c(OC)c(OC)c2)n1. The largest absolute Gasteiger partial charge is 0.493 e. The molecule has 0 N–H and O–H groups in total. The van der Waals surface area contributed by atoms with Crippen molar-refractivity contribution in [1.29, 1.82) is 0 Å². The minimum Gasteiger partial charge on any atom is -0.493 e. The van der Waals surface area contributed by atoms with E-state index in [-0.39, 0.29) is 23.1 Å². The zero-order valence-electron chi connectivity index (χ0n) is 16.1. The first-order valence-electron chi connectivity index (χ1n) is 8.70. The van der Waals surface area contributed by atoms with Gasteiger partial charge < -0.3 is 23.5 Å². The summed E-state index contributed by atoms with van der Waals surface area (Å²) < 4.78 is 26.3. The molecule has 3 rings (SSSR count). The number of hydrogen-bond donors (Lipinski definition) is 0. The Labute approximate surface area is 172 Å². The van der Waals surface area contributed by atoms with Gasteiger partial charge in [-0.25, -0.2) is 4.79 Å². The Morgan fingerprint density at radius 2 is 1.93 bits per heavy atom. The van der Waals surface area contributed by atoms with Gasteiger partial charge in [0, 0.05) is 0 Å². The molecule has 3 aromatic rings. The first-order valence-corrected chi connectivity index (χ1v) is 9.08. The fourth-order valence-corrected chi connectivity index (χ4v) is 2.89. The van der Waals surface area contributed by atoms with Gasteiger partial charge in [0.25, 0.3) is 5.89 Å². The molecule has 29 heavy (non-hydrogen) atoms. The quantitative estimate of drug-likeness (QED) is 0.503. The lowest BCUT2D eigenvalue weighted by molar-refractivity contribution is 0.0429. The number of ether oxygens (including phenoxy) is 4. The molecule has 0 saturated heterocycles. The number of benzene rings is 2. The summed E-state index contributed by atoms with van der Waals surface area (Å²) in [7, 11) is 2.90. The fraction of sp³-hybridized carbons (Fsp3) is 0.250. The lowest BCUT2D eigenvalue weighted by atomic mass is 10.2. The van der Waals surface area contributed by atoms with E-state index in [1.807, 2.05) is 31.2 Å². The third-order valence-electron chi connectivity index (χ3n) is 3.89. The Morgan fingerprint density at radius 1 is 1.14 bits per heavy atom. The number of carbonyl (C=O) groups is 1. The standard InChI is InChI=1S/C20H19ClN2O6/c1-4-27-15-8-6-5-7-13(15)19-22-17(29-23-19)11-28-20(24)12-9-14(21)18(26-3)16(10-12)25-2/h5-10H,4,11H2,1-3H3. The van der Waals surface area contributed by atoms with Gasteiger partial charge in [0.1, 0.15) is 5.75 Å². The highest BCUT2D eigenvalue weighted by molar-refractivity contribution is 6.32. The van der Waals surface area contributed by atoms with Crippen LogP contribution >= 0.6 is 11.6 Å². The van der Waals surface area contributed by atoms with Gasteiger partial charge in [-0.05, 0) is 31.2 Å². The van der Waals surface area contributed by atoms with Gasteiger partial charge in [-0.15, -0.1) is 0 Å². The van der Waals surface area contributed by atoms with E-state index in [1.54, 1.807) is 0 Å². The summed E-state index contributed by atoms with van der Waals surface area (Å²) in [4.78, 5) is 16.6. The normalized spacial score (nSPS) is 10.5. The van der Waals surface area contributed by atoms with E-state index in [4.69, 9.17) is 35.1 Å². The van der Waals surface area contributed by atoms with E-state index >= 15 is 0 Å². The molecule has 0 fully saturated rings. The first-order chi connectivity index (χ1) is 14.1. The number of methoxy groups -OCH3 is 2. The molecular formula is C20H19ClN2O6. The molecule has 0 spiro atoms. The second-order valence-corrected chi connectivity index (χ2v) is 6.12. The van der Waals surface area contributed by atoms with Crippen LogP contribution in [0.25, 0.3) is 11.4 Å². The average molecular weight is 419 g/mol. The Balaban J connectivity index is 1.72. The van der Waals surface area contributed by atoms with E-state index in [1.165, 1.54) is 26.4 Å². The molecule has 1 heterocycles. The summed E-state index contributed by atoms with van der Waals surface area (Å²) in [6.45, 7) is 2.19. The van der Waals surface area contributed by atoms with Crippen molar-refractivity contribution >= 4 is 17.6 Å². The maximum Gasteiger partial charge on any atom is 0.338 e. The predicted octanol–water partition coefficient (Wildman–Crippen LogP) is 4.16. The number of hydrogen-bond acceptors (Lipinski definition) is 8.